The van der Waals surface area contributed by atoms with Crippen LogP contribution in [0, 0.1) is 5.82 Å². The zero-order chi connectivity index (χ0) is 33.8. The van der Waals surface area contributed by atoms with Crippen LogP contribution < -0.4 is 20.5 Å². The molecule has 2 amide bonds. The van der Waals surface area contributed by atoms with E-state index in [0.29, 0.717) is 0 Å². The van der Waals surface area contributed by atoms with Gasteiger partial charge in [0, 0.05) is 34.5 Å². The summed E-state index contributed by atoms with van der Waals surface area (Å²) in [6.07, 6.45) is -3.38. The van der Waals surface area contributed by atoms with Crippen molar-refractivity contribution in [2.75, 3.05) is 26.5 Å². The third kappa shape index (κ3) is 5.58. The molecule has 0 spiro atoms. The lowest BCUT2D eigenvalue weighted by Gasteiger charge is -2.31. The fourth-order valence-electron chi connectivity index (χ4n) is 4.93. The Labute approximate surface area is 259 Å². The van der Waals surface area contributed by atoms with Gasteiger partial charge in [-0.25, -0.2) is 17.8 Å². The predicted molar refractivity (Wildman–Crippen MR) is 155 cm³/mol. The Balaban J connectivity index is 1.59. The van der Waals surface area contributed by atoms with Gasteiger partial charge in [-0.15, -0.1) is 0 Å². The van der Waals surface area contributed by atoms with Gasteiger partial charge in [0.2, 0.25) is 11.5 Å². The summed E-state index contributed by atoms with van der Waals surface area (Å²) in [7, 11) is -2.44. The van der Waals surface area contributed by atoms with Crippen LogP contribution in [0.25, 0.3) is 22.2 Å². The van der Waals surface area contributed by atoms with Gasteiger partial charge in [0.15, 0.2) is 9.84 Å². The van der Waals surface area contributed by atoms with E-state index in [1.165, 1.54) is 44.4 Å². The maximum Gasteiger partial charge on any atom is 0.424 e. The lowest BCUT2D eigenvalue weighted by Crippen LogP contribution is -2.51. The van der Waals surface area contributed by atoms with Crippen molar-refractivity contribution in [1.82, 2.24) is 15.3 Å². The second-order valence-electron chi connectivity index (χ2n) is 11.0. The van der Waals surface area contributed by atoms with E-state index in [1.807, 2.05) is 0 Å². The fourth-order valence-corrected chi connectivity index (χ4v) is 5.52. The van der Waals surface area contributed by atoms with Crippen molar-refractivity contribution in [3.05, 3.63) is 77.4 Å². The minimum absolute atomic E-state index is 0.0312. The molecule has 5 rings (SSSR count). The Morgan fingerprint density at radius 1 is 1.15 bits per heavy atom. The number of sulfone groups is 1. The number of rotatable bonds is 8. The second kappa shape index (κ2) is 11.2. The van der Waals surface area contributed by atoms with E-state index in [0.717, 1.165) is 30.7 Å². The van der Waals surface area contributed by atoms with Crippen LogP contribution >= 0.6 is 0 Å². The van der Waals surface area contributed by atoms with E-state index >= 15 is 0 Å². The van der Waals surface area contributed by atoms with Crippen LogP contribution in [0.2, 0.25) is 0 Å². The van der Waals surface area contributed by atoms with Crippen molar-refractivity contribution in [2.45, 2.75) is 29.0 Å². The number of carbonyl (C=O) groups is 2. The Hall–Kier alpha value is -4.83. The van der Waals surface area contributed by atoms with Crippen LogP contribution in [0.5, 0.6) is 11.5 Å². The first-order chi connectivity index (χ1) is 21.4. The Bertz CT molecular complexity index is 2010. The molecule has 0 unspecified atom stereocenters. The molecule has 1 aliphatic heterocycles. The van der Waals surface area contributed by atoms with Gasteiger partial charge in [-0.05, 0) is 55.5 Å². The molecule has 0 fully saturated rings. The molecule has 4 aromatic rings. The molecule has 11 nitrogen and oxygen atoms in total. The van der Waals surface area contributed by atoms with Gasteiger partial charge in [0.25, 0.3) is 5.91 Å². The molecule has 0 saturated heterocycles. The molecule has 0 radical (unpaired) electrons. The summed E-state index contributed by atoms with van der Waals surface area (Å²) >= 11 is 0. The van der Waals surface area contributed by atoms with Gasteiger partial charge in [-0.1, -0.05) is 0 Å². The number of pyridine rings is 2. The van der Waals surface area contributed by atoms with E-state index in [-0.39, 0.29) is 56.3 Å². The number of primary amides is 1. The molecule has 0 saturated carbocycles. The number of nitrogens with zero attached hydrogens (tertiary/aromatic N) is 2. The second-order valence-corrected chi connectivity index (χ2v) is 13.0. The minimum atomic E-state index is -5.43. The Morgan fingerprint density at radius 2 is 1.83 bits per heavy atom. The summed E-state index contributed by atoms with van der Waals surface area (Å²) in [5, 5.41) is 13.5. The monoisotopic (exact) mass is 662 g/mol. The highest BCUT2D eigenvalue weighted by molar-refractivity contribution is 7.90. The van der Waals surface area contributed by atoms with E-state index in [1.54, 1.807) is 0 Å². The van der Waals surface area contributed by atoms with Gasteiger partial charge in [0.1, 0.15) is 40.5 Å². The molecular formula is C30H26F4N4O7S. The number of carbonyl (C=O) groups excluding carboxylic acids is 2. The lowest BCUT2D eigenvalue weighted by molar-refractivity contribution is -0.265. The number of amides is 2. The molecule has 0 aliphatic carbocycles. The summed E-state index contributed by atoms with van der Waals surface area (Å²) in [6, 6.07) is 9.02. The average molecular weight is 663 g/mol. The highest BCUT2D eigenvalue weighted by Gasteiger charge is 2.57. The molecular weight excluding hydrogens is 636 g/mol. The number of halogens is 4. The normalized spacial score (nSPS) is 17.6. The smallest absolute Gasteiger partial charge is 0.424 e. The molecule has 2 aromatic carbocycles. The van der Waals surface area contributed by atoms with Gasteiger partial charge < -0.3 is 25.6 Å². The van der Waals surface area contributed by atoms with Crippen molar-refractivity contribution >= 4 is 32.6 Å². The van der Waals surface area contributed by atoms with Gasteiger partial charge in [-0.2, -0.15) is 13.2 Å². The first-order valence-corrected chi connectivity index (χ1v) is 15.3. The van der Waals surface area contributed by atoms with Crippen molar-refractivity contribution in [2.24, 2.45) is 5.73 Å². The van der Waals surface area contributed by atoms with Gasteiger partial charge >= 0.3 is 6.18 Å². The quantitative estimate of drug-likeness (QED) is 0.240. The number of nitrogens with two attached hydrogens (primary N) is 1. The summed E-state index contributed by atoms with van der Waals surface area (Å²) in [5.41, 5.74) is -1.08. The number of nitrogens with one attached hydrogen (secondary N) is 1. The molecule has 16 heteroatoms. The van der Waals surface area contributed by atoms with Crippen LogP contribution in [0.15, 0.2) is 59.6 Å². The maximum atomic E-state index is 14.7. The lowest BCUT2D eigenvalue weighted by atomic mass is 9.81. The largest absolute Gasteiger partial charge is 0.494 e. The summed E-state index contributed by atoms with van der Waals surface area (Å²) in [4.78, 5) is 33.6. The first-order valence-electron chi connectivity index (χ1n) is 13.4. The van der Waals surface area contributed by atoms with Crippen LogP contribution in [-0.4, -0.2) is 68.0 Å². The summed E-state index contributed by atoms with van der Waals surface area (Å²) in [5.74, 6) is -2.68. The molecule has 0 bridgehead atoms. The Kier molecular flexibility index (Phi) is 7.93. The molecule has 2 atom stereocenters. The van der Waals surface area contributed by atoms with E-state index in [9.17, 15) is 40.7 Å². The zero-order valence-electron chi connectivity index (χ0n) is 24.4. The minimum Gasteiger partial charge on any atom is -0.494 e. The molecule has 3 heterocycles. The number of hydrogen-bond acceptors (Lipinski definition) is 9. The van der Waals surface area contributed by atoms with Crippen LogP contribution in [-0.2, 0) is 25.6 Å². The highest BCUT2D eigenvalue weighted by atomic mass is 32.2. The molecule has 242 valence electrons. The van der Waals surface area contributed by atoms with Crippen LogP contribution in [0.4, 0.5) is 17.6 Å². The summed E-state index contributed by atoms with van der Waals surface area (Å²) < 4.78 is 92.8. The number of methoxy groups -OCH3 is 1. The standard InChI is InChI=1S/C30H26F4N4O7S/c1-28(27(35)40)14-45-25-20(28)11-22(38-24(25)15-4-6-18(31)7-5-15)29(41,30(32,33)34)13-37-26(39)17-8-16-9-19(46(3,42)43)12-36-23(16)21(10-17)44-2/h4-12,41H,13-14H2,1-3H3,(H2,35,40)(H,37,39)/t28-,29-/m0/s1. The number of alkyl halides is 3. The number of hydrogen-bond donors (Lipinski definition) is 3. The highest BCUT2D eigenvalue weighted by Crippen LogP contribution is 2.47. The SMILES string of the molecule is COc1cc(C(=O)NC[C@](O)(c2cc3c(c(-c4ccc(F)cc4)n2)OC[C@]3(C)C(N)=O)C(F)(F)F)cc2cc(S(C)(=O)=O)cnc12. The van der Waals surface area contributed by atoms with Crippen LogP contribution in [0.3, 0.4) is 0 Å². The fraction of sp³-hybridized carbons (Fsp3) is 0.267. The number of fused-ring (bicyclic) bond motifs is 2. The average Bonchev–Trinajstić information content (AvgIpc) is 3.35. The maximum absolute atomic E-state index is 14.7. The van der Waals surface area contributed by atoms with E-state index in [4.69, 9.17) is 15.2 Å². The van der Waals surface area contributed by atoms with Crippen LogP contribution in [0.1, 0.15) is 28.5 Å². The Morgan fingerprint density at radius 3 is 2.41 bits per heavy atom. The number of benzene rings is 2. The number of aromatic nitrogens is 2. The van der Waals surface area contributed by atoms with Gasteiger partial charge in [0.05, 0.1) is 24.2 Å². The van der Waals surface area contributed by atoms with E-state index < -0.39 is 56.9 Å². The molecule has 2 aromatic heterocycles. The number of aliphatic hydroxyl groups is 1. The topological polar surface area (TPSA) is 171 Å². The van der Waals surface area contributed by atoms with E-state index in [2.05, 4.69) is 15.3 Å². The number of ether oxygens (including phenoxy) is 2. The molecule has 4 N–H and O–H groups in total. The van der Waals surface area contributed by atoms with Gasteiger partial charge in [-0.3, -0.25) is 14.6 Å². The summed E-state index contributed by atoms with van der Waals surface area (Å²) in [6.45, 7) is -0.428. The first kappa shape index (κ1) is 32.6. The molecule has 46 heavy (non-hydrogen) atoms. The predicted octanol–water partition coefficient (Wildman–Crippen LogP) is 3.16. The third-order valence-electron chi connectivity index (χ3n) is 7.76. The van der Waals surface area contributed by atoms with Crippen molar-refractivity contribution in [3.63, 3.8) is 0 Å². The van der Waals surface area contributed by atoms with Crippen molar-refractivity contribution in [1.29, 1.82) is 0 Å². The third-order valence-corrected chi connectivity index (χ3v) is 8.84. The van der Waals surface area contributed by atoms with Crippen molar-refractivity contribution in [3.8, 4) is 22.8 Å². The zero-order valence-corrected chi connectivity index (χ0v) is 25.2. The van der Waals surface area contributed by atoms with Crippen molar-refractivity contribution < 1.29 is 50.1 Å². The molecule has 1 aliphatic rings.